The average molecular weight is 728 g/mol. The predicted molar refractivity (Wildman–Crippen MR) is 230 cm³/mol. The van der Waals surface area contributed by atoms with Crippen molar-refractivity contribution in [2.45, 2.75) is 244 Å². The van der Waals surface area contributed by atoms with Gasteiger partial charge in [0.05, 0.1) is 18.8 Å². The SMILES string of the molecule is CCCCC/C=C\C/C=C\CCCCCCCC(=O)NC(CO)C(O)/C=C/CC/C=C/CCCCCCCCCCCCCCCCCCCCC. The van der Waals surface area contributed by atoms with E-state index in [1.54, 1.807) is 6.08 Å². The topological polar surface area (TPSA) is 69.6 Å². The van der Waals surface area contributed by atoms with E-state index in [4.69, 9.17) is 0 Å². The molecular weight excluding hydrogens is 639 g/mol. The van der Waals surface area contributed by atoms with Crippen molar-refractivity contribution in [1.29, 1.82) is 0 Å². The maximum Gasteiger partial charge on any atom is 0.220 e. The number of amides is 1. The Balaban J connectivity index is 3.59. The van der Waals surface area contributed by atoms with Crippen molar-refractivity contribution in [3.8, 4) is 0 Å². The number of allylic oxidation sites excluding steroid dienone is 7. The molecule has 1 amide bonds. The number of hydrogen-bond acceptors (Lipinski definition) is 3. The molecule has 0 aliphatic heterocycles. The van der Waals surface area contributed by atoms with E-state index in [2.05, 4.69) is 55.6 Å². The summed E-state index contributed by atoms with van der Waals surface area (Å²) >= 11 is 0. The first-order valence-electron chi connectivity index (χ1n) is 22.9. The van der Waals surface area contributed by atoms with Gasteiger partial charge in [0.2, 0.25) is 5.91 Å². The molecule has 4 heteroatoms. The third kappa shape index (κ3) is 39.6. The normalized spacial score (nSPS) is 13.4. The van der Waals surface area contributed by atoms with Gasteiger partial charge in [0.1, 0.15) is 0 Å². The zero-order chi connectivity index (χ0) is 37.8. The first-order chi connectivity index (χ1) is 25.7. The van der Waals surface area contributed by atoms with Gasteiger partial charge in [-0.2, -0.15) is 0 Å². The molecule has 0 aromatic rings. The lowest BCUT2D eigenvalue weighted by Crippen LogP contribution is -2.45. The van der Waals surface area contributed by atoms with E-state index in [1.807, 2.05) is 6.08 Å². The molecule has 4 nitrogen and oxygen atoms in total. The first-order valence-corrected chi connectivity index (χ1v) is 22.9. The molecule has 304 valence electrons. The van der Waals surface area contributed by atoms with Crippen LogP contribution in [0.2, 0.25) is 0 Å². The van der Waals surface area contributed by atoms with Crippen LogP contribution in [0, 0.1) is 0 Å². The van der Waals surface area contributed by atoms with Crippen molar-refractivity contribution in [2.75, 3.05) is 6.61 Å². The van der Waals surface area contributed by atoms with E-state index in [0.29, 0.717) is 6.42 Å². The Morgan fingerprint density at radius 1 is 0.462 bits per heavy atom. The highest BCUT2D eigenvalue weighted by Crippen LogP contribution is 2.15. The summed E-state index contributed by atoms with van der Waals surface area (Å²) in [5.74, 6) is -0.0880. The Morgan fingerprint density at radius 3 is 1.27 bits per heavy atom. The molecule has 0 heterocycles. The van der Waals surface area contributed by atoms with E-state index in [-0.39, 0.29) is 12.5 Å². The molecule has 0 radical (unpaired) electrons. The second-order valence-electron chi connectivity index (χ2n) is 15.5. The van der Waals surface area contributed by atoms with Crippen LogP contribution in [0.5, 0.6) is 0 Å². The summed E-state index contributed by atoms with van der Waals surface area (Å²) in [5.41, 5.74) is 0. The second-order valence-corrected chi connectivity index (χ2v) is 15.5. The Morgan fingerprint density at radius 2 is 0.808 bits per heavy atom. The van der Waals surface area contributed by atoms with Crippen LogP contribution in [-0.4, -0.2) is 34.9 Å². The number of aliphatic hydroxyl groups excluding tert-OH is 2. The molecule has 0 aromatic heterocycles. The molecule has 3 N–H and O–H groups in total. The Kier molecular flexibility index (Phi) is 42.4. The van der Waals surface area contributed by atoms with Crippen LogP contribution in [0.25, 0.3) is 0 Å². The van der Waals surface area contributed by atoms with Gasteiger partial charge < -0.3 is 15.5 Å². The maximum atomic E-state index is 12.4. The Bertz CT molecular complexity index is 831. The Hall–Kier alpha value is -1.65. The molecule has 52 heavy (non-hydrogen) atoms. The maximum absolute atomic E-state index is 12.4. The van der Waals surface area contributed by atoms with Gasteiger partial charge in [-0.05, 0) is 64.2 Å². The first kappa shape index (κ1) is 50.4. The predicted octanol–water partition coefficient (Wildman–Crippen LogP) is 14.4. The van der Waals surface area contributed by atoms with Crippen LogP contribution in [0.15, 0.2) is 48.6 Å². The van der Waals surface area contributed by atoms with Gasteiger partial charge >= 0.3 is 0 Å². The van der Waals surface area contributed by atoms with Crippen molar-refractivity contribution in [1.82, 2.24) is 5.32 Å². The molecule has 0 saturated heterocycles. The smallest absolute Gasteiger partial charge is 0.220 e. The highest BCUT2D eigenvalue weighted by Gasteiger charge is 2.17. The zero-order valence-corrected chi connectivity index (χ0v) is 34.8. The summed E-state index contributed by atoms with van der Waals surface area (Å²) in [7, 11) is 0. The fraction of sp³-hybridized carbons (Fsp3) is 0.812. The van der Waals surface area contributed by atoms with Gasteiger partial charge in [-0.25, -0.2) is 0 Å². The second kappa shape index (κ2) is 43.8. The van der Waals surface area contributed by atoms with Crippen LogP contribution in [0.4, 0.5) is 0 Å². The lowest BCUT2D eigenvalue weighted by molar-refractivity contribution is -0.123. The molecule has 0 fully saturated rings. The molecule has 0 aromatic carbocycles. The number of aliphatic hydroxyl groups is 2. The van der Waals surface area contributed by atoms with Crippen LogP contribution >= 0.6 is 0 Å². The molecule has 0 aliphatic carbocycles. The van der Waals surface area contributed by atoms with Gasteiger partial charge in [-0.3, -0.25) is 4.79 Å². The molecule has 0 rings (SSSR count). The van der Waals surface area contributed by atoms with E-state index in [1.165, 1.54) is 161 Å². The number of carbonyl (C=O) groups excluding carboxylic acids is 1. The van der Waals surface area contributed by atoms with Gasteiger partial charge in [0.25, 0.3) is 0 Å². The summed E-state index contributed by atoms with van der Waals surface area (Å²) in [5, 5.41) is 23.0. The molecule has 0 saturated carbocycles. The van der Waals surface area contributed by atoms with Gasteiger partial charge in [0.15, 0.2) is 0 Å². The van der Waals surface area contributed by atoms with Crippen LogP contribution < -0.4 is 5.32 Å². The minimum absolute atomic E-state index is 0.0880. The van der Waals surface area contributed by atoms with E-state index < -0.39 is 12.1 Å². The fourth-order valence-electron chi connectivity index (χ4n) is 6.75. The van der Waals surface area contributed by atoms with Crippen LogP contribution in [0.3, 0.4) is 0 Å². The highest BCUT2D eigenvalue weighted by atomic mass is 16.3. The lowest BCUT2D eigenvalue weighted by atomic mass is 10.0. The largest absolute Gasteiger partial charge is 0.394 e. The summed E-state index contributed by atoms with van der Waals surface area (Å²) in [6.07, 6.45) is 59.5. The molecule has 2 atom stereocenters. The number of hydrogen-bond donors (Lipinski definition) is 3. The highest BCUT2D eigenvalue weighted by molar-refractivity contribution is 5.76. The van der Waals surface area contributed by atoms with Crippen molar-refractivity contribution in [3.05, 3.63) is 48.6 Å². The Labute approximate surface area is 324 Å². The summed E-state index contributed by atoms with van der Waals surface area (Å²) < 4.78 is 0. The molecular formula is C48H89NO3. The van der Waals surface area contributed by atoms with Crippen LogP contribution in [0.1, 0.15) is 232 Å². The van der Waals surface area contributed by atoms with E-state index in [9.17, 15) is 15.0 Å². The standard InChI is InChI=1S/C48H89NO3/c1-3-5-7-9-11-13-15-17-19-20-21-22-23-24-25-26-27-28-30-31-33-35-37-39-41-43-47(51)46(45-50)49-48(52)44-42-40-38-36-34-32-29-18-16-14-12-10-8-6-4-2/h12,14,18,29,33,35,41,43,46-47,50-51H,3-11,13,15-17,19-28,30-32,34,36-40,42,44-45H2,1-2H3,(H,49,52)/b14-12-,29-18-,35-33+,43-41+. The minimum Gasteiger partial charge on any atom is -0.394 e. The van der Waals surface area contributed by atoms with Crippen molar-refractivity contribution < 1.29 is 15.0 Å². The fourth-order valence-corrected chi connectivity index (χ4v) is 6.75. The van der Waals surface area contributed by atoms with Gasteiger partial charge in [0, 0.05) is 6.42 Å². The van der Waals surface area contributed by atoms with Crippen molar-refractivity contribution >= 4 is 5.91 Å². The van der Waals surface area contributed by atoms with Crippen molar-refractivity contribution in [3.63, 3.8) is 0 Å². The number of rotatable bonds is 41. The zero-order valence-electron chi connectivity index (χ0n) is 34.8. The average Bonchev–Trinajstić information content (AvgIpc) is 3.15. The summed E-state index contributed by atoms with van der Waals surface area (Å²) in [6.45, 7) is 4.27. The molecule has 0 bridgehead atoms. The van der Waals surface area contributed by atoms with Gasteiger partial charge in [-0.1, -0.05) is 210 Å². The quantitative estimate of drug-likeness (QED) is 0.0434. The van der Waals surface area contributed by atoms with Crippen LogP contribution in [-0.2, 0) is 4.79 Å². The monoisotopic (exact) mass is 728 g/mol. The number of unbranched alkanes of at least 4 members (excludes halogenated alkanes) is 28. The summed E-state index contributed by atoms with van der Waals surface area (Å²) in [6, 6.07) is -0.647. The number of carbonyl (C=O) groups is 1. The number of nitrogens with one attached hydrogen (secondary N) is 1. The van der Waals surface area contributed by atoms with E-state index in [0.717, 1.165) is 51.4 Å². The molecule has 2 unspecified atom stereocenters. The third-order valence-electron chi connectivity index (χ3n) is 10.3. The third-order valence-corrected chi connectivity index (χ3v) is 10.3. The molecule has 0 spiro atoms. The minimum atomic E-state index is -0.868. The van der Waals surface area contributed by atoms with E-state index >= 15 is 0 Å². The molecule has 0 aliphatic rings. The lowest BCUT2D eigenvalue weighted by Gasteiger charge is -2.19. The van der Waals surface area contributed by atoms with Crippen molar-refractivity contribution in [2.24, 2.45) is 0 Å². The summed E-state index contributed by atoms with van der Waals surface area (Å²) in [4.78, 5) is 12.4. The van der Waals surface area contributed by atoms with Gasteiger partial charge in [-0.15, -0.1) is 0 Å².